The van der Waals surface area contributed by atoms with E-state index in [0.29, 0.717) is 17.1 Å². The third-order valence-corrected chi connectivity index (χ3v) is 5.04. The third-order valence-electron chi connectivity index (χ3n) is 3.72. The van der Waals surface area contributed by atoms with Gasteiger partial charge in [0, 0.05) is 26.3 Å². The van der Waals surface area contributed by atoms with Crippen LogP contribution in [0.15, 0.2) is 68.0 Å². The van der Waals surface area contributed by atoms with E-state index in [2.05, 4.69) is 37.2 Å². The molecule has 0 aliphatic carbocycles. The number of hydrogen-bond donors (Lipinski definition) is 2. The van der Waals surface area contributed by atoms with Crippen LogP contribution in [0.3, 0.4) is 0 Å². The SMILES string of the molecule is Cc1cc(N)cc(Br)c1NC(=O)/C=C/c1ccc(-c2ccccc2Br)o1. The maximum absolute atomic E-state index is 12.2. The predicted octanol–water partition coefficient (Wildman–Crippen LogP) is 6.01. The van der Waals surface area contributed by atoms with Gasteiger partial charge in [-0.15, -0.1) is 0 Å². The number of rotatable bonds is 4. The lowest BCUT2D eigenvalue weighted by Gasteiger charge is -2.10. The summed E-state index contributed by atoms with van der Waals surface area (Å²) in [5, 5.41) is 2.85. The van der Waals surface area contributed by atoms with E-state index in [9.17, 15) is 4.79 Å². The van der Waals surface area contributed by atoms with E-state index in [1.807, 2.05) is 43.3 Å². The van der Waals surface area contributed by atoms with Crippen LogP contribution in [0.25, 0.3) is 17.4 Å². The summed E-state index contributed by atoms with van der Waals surface area (Å²) in [5.41, 5.74) is 8.95. The molecule has 132 valence electrons. The van der Waals surface area contributed by atoms with Gasteiger partial charge in [-0.3, -0.25) is 4.79 Å². The molecule has 0 radical (unpaired) electrons. The van der Waals surface area contributed by atoms with E-state index in [1.165, 1.54) is 6.08 Å². The maximum Gasteiger partial charge on any atom is 0.248 e. The number of carbonyl (C=O) groups is 1. The molecule has 1 heterocycles. The molecular weight excluding hydrogens is 460 g/mol. The van der Waals surface area contributed by atoms with E-state index in [4.69, 9.17) is 10.2 Å². The molecule has 0 atom stereocenters. The number of furan rings is 1. The molecular formula is C20H16Br2N2O2. The first-order valence-corrected chi connectivity index (χ1v) is 9.42. The highest BCUT2D eigenvalue weighted by molar-refractivity contribution is 9.11. The fourth-order valence-electron chi connectivity index (χ4n) is 2.50. The Morgan fingerprint density at radius 3 is 2.62 bits per heavy atom. The van der Waals surface area contributed by atoms with E-state index in [1.54, 1.807) is 18.2 Å². The normalized spacial score (nSPS) is 11.0. The molecule has 1 aromatic heterocycles. The van der Waals surface area contributed by atoms with Gasteiger partial charge in [-0.2, -0.15) is 0 Å². The Hall–Kier alpha value is -2.31. The Morgan fingerprint density at radius 2 is 1.88 bits per heavy atom. The van der Waals surface area contributed by atoms with Gasteiger partial charge in [-0.05, 0) is 64.8 Å². The highest BCUT2D eigenvalue weighted by atomic mass is 79.9. The fourth-order valence-corrected chi connectivity index (χ4v) is 3.66. The molecule has 0 spiro atoms. The van der Waals surface area contributed by atoms with Gasteiger partial charge in [0.05, 0.1) is 5.69 Å². The molecule has 1 amide bonds. The average molecular weight is 476 g/mol. The van der Waals surface area contributed by atoms with Gasteiger partial charge in [-0.25, -0.2) is 0 Å². The zero-order valence-electron chi connectivity index (χ0n) is 13.9. The summed E-state index contributed by atoms with van der Waals surface area (Å²) in [6.45, 7) is 1.89. The summed E-state index contributed by atoms with van der Waals surface area (Å²) in [4.78, 5) is 12.2. The van der Waals surface area contributed by atoms with Gasteiger partial charge in [0.25, 0.3) is 0 Å². The largest absolute Gasteiger partial charge is 0.457 e. The Labute approximate surface area is 168 Å². The molecule has 0 fully saturated rings. The van der Waals surface area contributed by atoms with E-state index in [-0.39, 0.29) is 5.91 Å². The Kier molecular flexibility index (Phi) is 5.64. The zero-order valence-corrected chi connectivity index (χ0v) is 17.1. The first kappa shape index (κ1) is 18.5. The van der Waals surface area contributed by atoms with Crippen molar-refractivity contribution in [1.82, 2.24) is 0 Å². The van der Waals surface area contributed by atoms with Crippen molar-refractivity contribution in [3.63, 3.8) is 0 Å². The smallest absolute Gasteiger partial charge is 0.248 e. The summed E-state index contributed by atoms with van der Waals surface area (Å²) < 4.78 is 7.48. The first-order chi connectivity index (χ1) is 12.4. The molecule has 3 N–H and O–H groups in total. The van der Waals surface area contributed by atoms with Crippen LogP contribution < -0.4 is 11.1 Å². The van der Waals surface area contributed by atoms with Crippen LogP contribution in [0.1, 0.15) is 11.3 Å². The van der Waals surface area contributed by atoms with Crippen LogP contribution in [0.4, 0.5) is 11.4 Å². The minimum absolute atomic E-state index is 0.252. The molecule has 26 heavy (non-hydrogen) atoms. The van der Waals surface area contributed by atoms with Gasteiger partial charge >= 0.3 is 0 Å². The van der Waals surface area contributed by atoms with Crippen molar-refractivity contribution in [3.8, 4) is 11.3 Å². The Morgan fingerprint density at radius 1 is 1.12 bits per heavy atom. The fraction of sp³-hybridized carbons (Fsp3) is 0.0500. The third kappa shape index (κ3) is 4.26. The van der Waals surface area contributed by atoms with Gasteiger partial charge in [0.2, 0.25) is 5.91 Å². The number of carbonyl (C=O) groups excluding carboxylic acids is 1. The highest BCUT2D eigenvalue weighted by Gasteiger charge is 2.09. The topological polar surface area (TPSA) is 68.3 Å². The lowest BCUT2D eigenvalue weighted by Crippen LogP contribution is -2.09. The highest BCUT2D eigenvalue weighted by Crippen LogP contribution is 2.30. The molecule has 0 aliphatic heterocycles. The number of anilines is 2. The molecule has 2 aromatic carbocycles. The number of benzene rings is 2. The number of nitrogen functional groups attached to an aromatic ring is 1. The summed E-state index contributed by atoms with van der Waals surface area (Å²) in [5.74, 6) is 1.08. The minimum Gasteiger partial charge on any atom is -0.457 e. The molecule has 0 unspecified atom stereocenters. The van der Waals surface area contributed by atoms with Crippen LogP contribution in [0, 0.1) is 6.92 Å². The molecule has 0 bridgehead atoms. The summed E-state index contributed by atoms with van der Waals surface area (Å²) in [6, 6.07) is 15.1. The maximum atomic E-state index is 12.2. The van der Waals surface area contributed by atoms with Crippen LogP contribution in [0.5, 0.6) is 0 Å². The Bertz CT molecular complexity index is 970. The van der Waals surface area contributed by atoms with Crippen molar-refractivity contribution in [2.75, 3.05) is 11.1 Å². The number of amides is 1. The van der Waals surface area contributed by atoms with Crippen LogP contribution in [0.2, 0.25) is 0 Å². The molecule has 0 aliphatic rings. The summed E-state index contributed by atoms with van der Waals surface area (Å²) in [6.07, 6.45) is 3.07. The van der Waals surface area contributed by atoms with Crippen molar-refractivity contribution in [2.24, 2.45) is 0 Å². The van der Waals surface area contributed by atoms with E-state index in [0.717, 1.165) is 25.8 Å². The predicted molar refractivity (Wildman–Crippen MR) is 113 cm³/mol. The number of hydrogen-bond acceptors (Lipinski definition) is 3. The van der Waals surface area contributed by atoms with Crippen LogP contribution in [-0.4, -0.2) is 5.91 Å². The standard InChI is InChI=1S/C20H16Br2N2O2/c1-12-10-13(23)11-17(22)20(12)24-19(25)9-7-14-6-8-18(26-14)15-4-2-3-5-16(15)21/h2-11H,23H2,1H3,(H,24,25)/b9-7+. The first-order valence-electron chi connectivity index (χ1n) is 7.83. The van der Waals surface area contributed by atoms with E-state index < -0.39 is 0 Å². The molecule has 0 saturated carbocycles. The lowest BCUT2D eigenvalue weighted by atomic mass is 10.2. The molecule has 3 aromatic rings. The minimum atomic E-state index is -0.252. The number of aryl methyl sites for hydroxylation is 1. The van der Waals surface area contributed by atoms with Crippen molar-refractivity contribution in [2.45, 2.75) is 6.92 Å². The summed E-state index contributed by atoms with van der Waals surface area (Å²) >= 11 is 6.92. The Balaban J connectivity index is 1.73. The average Bonchev–Trinajstić information content (AvgIpc) is 3.05. The van der Waals surface area contributed by atoms with Crippen molar-refractivity contribution in [3.05, 3.63) is 74.9 Å². The quantitative estimate of drug-likeness (QED) is 0.358. The van der Waals surface area contributed by atoms with Gasteiger partial charge < -0.3 is 15.5 Å². The second kappa shape index (κ2) is 7.93. The number of halogens is 2. The second-order valence-electron chi connectivity index (χ2n) is 5.70. The van der Waals surface area contributed by atoms with Crippen molar-refractivity contribution >= 4 is 55.2 Å². The lowest BCUT2D eigenvalue weighted by molar-refractivity contribution is -0.111. The van der Waals surface area contributed by atoms with Crippen molar-refractivity contribution < 1.29 is 9.21 Å². The van der Waals surface area contributed by atoms with Crippen LogP contribution in [-0.2, 0) is 4.79 Å². The number of nitrogens with two attached hydrogens (primary N) is 1. The van der Waals surface area contributed by atoms with Crippen molar-refractivity contribution in [1.29, 1.82) is 0 Å². The molecule has 0 saturated heterocycles. The zero-order chi connectivity index (χ0) is 18.7. The second-order valence-corrected chi connectivity index (χ2v) is 7.41. The number of nitrogens with one attached hydrogen (secondary N) is 1. The van der Waals surface area contributed by atoms with Gasteiger partial charge in [-0.1, -0.05) is 34.1 Å². The van der Waals surface area contributed by atoms with Gasteiger partial charge in [0.1, 0.15) is 11.5 Å². The molecule has 6 heteroatoms. The monoisotopic (exact) mass is 474 g/mol. The van der Waals surface area contributed by atoms with E-state index >= 15 is 0 Å². The molecule has 4 nitrogen and oxygen atoms in total. The molecule has 3 rings (SSSR count). The summed E-state index contributed by atoms with van der Waals surface area (Å²) in [7, 11) is 0. The van der Waals surface area contributed by atoms with Gasteiger partial charge in [0.15, 0.2) is 0 Å². The van der Waals surface area contributed by atoms with Crippen LogP contribution >= 0.6 is 31.9 Å².